The summed E-state index contributed by atoms with van der Waals surface area (Å²) in [7, 11) is 0. The molecule has 0 aliphatic heterocycles. The van der Waals surface area contributed by atoms with Gasteiger partial charge in [-0.2, -0.15) is 0 Å². The van der Waals surface area contributed by atoms with E-state index in [0.717, 1.165) is 32.1 Å². The van der Waals surface area contributed by atoms with Crippen molar-refractivity contribution in [3.05, 3.63) is 0 Å². The highest BCUT2D eigenvalue weighted by molar-refractivity contribution is 4.89. The minimum absolute atomic E-state index is 0.0523. The second kappa shape index (κ2) is 6.38. The molecule has 0 bridgehead atoms. The van der Waals surface area contributed by atoms with Crippen LogP contribution in [0, 0.1) is 11.3 Å². The molecular weight excluding hydrogens is 224 g/mol. The fraction of sp³-hybridized carbons (Fsp3) is 1.00. The van der Waals surface area contributed by atoms with E-state index in [1.165, 1.54) is 12.8 Å². The zero-order valence-corrected chi connectivity index (χ0v) is 13.0. The molecule has 108 valence electrons. The van der Waals surface area contributed by atoms with E-state index >= 15 is 0 Å². The van der Waals surface area contributed by atoms with Gasteiger partial charge in [-0.1, -0.05) is 53.9 Å². The van der Waals surface area contributed by atoms with Crippen molar-refractivity contribution in [2.45, 2.75) is 91.5 Å². The fourth-order valence-corrected chi connectivity index (χ4v) is 3.18. The molecule has 0 saturated heterocycles. The van der Waals surface area contributed by atoms with Gasteiger partial charge in [0.15, 0.2) is 6.29 Å². The van der Waals surface area contributed by atoms with Gasteiger partial charge < -0.3 is 9.84 Å². The summed E-state index contributed by atoms with van der Waals surface area (Å²) in [6.45, 7) is 10.9. The van der Waals surface area contributed by atoms with Gasteiger partial charge in [0.25, 0.3) is 0 Å². The van der Waals surface area contributed by atoms with Crippen LogP contribution in [0.15, 0.2) is 0 Å². The Balaban J connectivity index is 2.74. The summed E-state index contributed by atoms with van der Waals surface area (Å²) in [6, 6.07) is 0. The standard InChI is InChI=1S/C16H32O2/c1-6-10-15(5,13(3)4)14(17)18-16(7-2)11-8-9-12-16/h13-14,17H,6-12H2,1-5H3. The summed E-state index contributed by atoms with van der Waals surface area (Å²) in [4.78, 5) is 0. The van der Waals surface area contributed by atoms with Crippen molar-refractivity contribution >= 4 is 0 Å². The minimum Gasteiger partial charge on any atom is -0.367 e. The van der Waals surface area contributed by atoms with Crippen LogP contribution in [0.3, 0.4) is 0 Å². The molecule has 0 spiro atoms. The van der Waals surface area contributed by atoms with Crippen LogP contribution in [0.5, 0.6) is 0 Å². The highest BCUT2D eigenvalue weighted by atomic mass is 16.6. The maximum absolute atomic E-state index is 10.6. The lowest BCUT2D eigenvalue weighted by Crippen LogP contribution is -2.44. The smallest absolute Gasteiger partial charge is 0.160 e. The topological polar surface area (TPSA) is 29.5 Å². The first kappa shape index (κ1) is 16.0. The maximum Gasteiger partial charge on any atom is 0.160 e. The predicted molar refractivity (Wildman–Crippen MR) is 76.4 cm³/mol. The number of ether oxygens (including phenoxy) is 1. The molecule has 2 nitrogen and oxygen atoms in total. The lowest BCUT2D eigenvalue weighted by molar-refractivity contribution is -0.245. The SMILES string of the molecule is CCCC(C)(C(C)C)C(O)OC1(CC)CCCC1. The van der Waals surface area contributed by atoms with Gasteiger partial charge in [-0.25, -0.2) is 0 Å². The zero-order valence-electron chi connectivity index (χ0n) is 13.0. The Morgan fingerprint density at radius 1 is 1.22 bits per heavy atom. The third-order valence-corrected chi connectivity index (χ3v) is 5.19. The van der Waals surface area contributed by atoms with Crippen LogP contribution in [-0.4, -0.2) is 17.0 Å². The van der Waals surface area contributed by atoms with Crippen LogP contribution in [0.25, 0.3) is 0 Å². The maximum atomic E-state index is 10.6. The second-order valence-electron chi connectivity index (χ2n) is 6.62. The minimum atomic E-state index is -0.629. The molecule has 0 aromatic rings. The number of aliphatic hydroxyl groups is 1. The highest BCUT2D eigenvalue weighted by Gasteiger charge is 2.42. The molecule has 2 unspecified atom stereocenters. The largest absolute Gasteiger partial charge is 0.367 e. The third kappa shape index (κ3) is 3.27. The molecule has 0 amide bonds. The van der Waals surface area contributed by atoms with E-state index in [0.29, 0.717) is 5.92 Å². The van der Waals surface area contributed by atoms with Crippen LogP contribution in [0.1, 0.15) is 79.6 Å². The Bertz CT molecular complexity index is 243. The van der Waals surface area contributed by atoms with E-state index in [1.807, 2.05) is 0 Å². The molecule has 1 aliphatic rings. The van der Waals surface area contributed by atoms with Gasteiger partial charge in [0.2, 0.25) is 0 Å². The van der Waals surface area contributed by atoms with E-state index in [-0.39, 0.29) is 11.0 Å². The van der Waals surface area contributed by atoms with Gasteiger partial charge in [-0.3, -0.25) is 0 Å². The predicted octanol–water partition coefficient (Wildman–Crippen LogP) is 4.51. The summed E-state index contributed by atoms with van der Waals surface area (Å²) in [5, 5.41) is 10.6. The molecule has 1 N–H and O–H groups in total. The first-order chi connectivity index (χ1) is 8.40. The van der Waals surface area contributed by atoms with Crippen LogP contribution in [0.2, 0.25) is 0 Å². The molecule has 0 aromatic heterocycles. The van der Waals surface area contributed by atoms with E-state index in [1.54, 1.807) is 0 Å². The molecule has 1 fully saturated rings. The highest BCUT2D eigenvalue weighted by Crippen LogP contribution is 2.43. The Morgan fingerprint density at radius 3 is 2.17 bits per heavy atom. The Labute approximate surface area is 113 Å². The van der Waals surface area contributed by atoms with Gasteiger partial charge in [0, 0.05) is 5.41 Å². The van der Waals surface area contributed by atoms with Crippen LogP contribution < -0.4 is 0 Å². The van der Waals surface area contributed by atoms with Gasteiger partial charge >= 0.3 is 0 Å². The molecule has 2 heteroatoms. The first-order valence-corrected chi connectivity index (χ1v) is 7.76. The number of rotatable bonds is 7. The van der Waals surface area contributed by atoms with E-state index in [9.17, 15) is 5.11 Å². The van der Waals surface area contributed by atoms with E-state index < -0.39 is 6.29 Å². The van der Waals surface area contributed by atoms with Crippen LogP contribution in [0.4, 0.5) is 0 Å². The molecule has 1 aliphatic carbocycles. The van der Waals surface area contributed by atoms with Gasteiger partial charge in [-0.15, -0.1) is 0 Å². The average Bonchev–Trinajstić information content (AvgIpc) is 2.78. The summed E-state index contributed by atoms with van der Waals surface area (Å²) in [6.07, 6.45) is 7.21. The van der Waals surface area contributed by atoms with Crippen LogP contribution >= 0.6 is 0 Å². The number of aliphatic hydroxyl groups excluding tert-OH is 1. The molecule has 18 heavy (non-hydrogen) atoms. The van der Waals surface area contributed by atoms with Gasteiger partial charge in [-0.05, 0) is 31.6 Å². The van der Waals surface area contributed by atoms with Crippen LogP contribution in [-0.2, 0) is 4.74 Å². The summed E-state index contributed by atoms with van der Waals surface area (Å²) in [5.74, 6) is 0.433. The Morgan fingerprint density at radius 2 is 1.78 bits per heavy atom. The summed E-state index contributed by atoms with van der Waals surface area (Å²) < 4.78 is 6.18. The quantitative estimate of drug-likeness (QED) is 0.679. The third-order valence-electron chi connectivity index (χ3n) is 5.19. The number of hydrogen-bond donors (Lipinski definition) is 1. The summed E-state index contributed by atoms with van der Waals surface area (Å²) >= 11 is 0. The molecule has 1 saturated carbocycles. The molecular formula is C16H32O2. The Kier molecular flexibility index (Phi) is 5.67. The van der Waals surface area contributed by atoms with E-state index in [2.05, 4.69) is 34.6 Å². The van der Waals surface area contributed by atoms with Crippen molar-refractivity contribution in [2.24, 2.45) is 11.3 Å². The normalized spacial score (nSPS) is 24.2. The average molecular weight is 256 g/mol. The second-order valence-corrected chi connectivity index (χ2v) is 6.62. The molecule has 2 atom stereocenters. The van der Waals surface area contributed by atoms with Crippen molar-refractivity contribution < 1.29 is 9.84 Å². The molecule has 1 rings (SSSR count). The lowest BCUT2D eigenvalue weighted by atomic mass is 9.74. The van der Waals surface area contributed by atoms with Crippen molar-refractivity contribution in [1.29, 1.82) is 0 Å². The first-order valence-electron chi connectivity index (χ1n) is 7.76. The molecule has 0 aromatic carbocycles. The zero-order chi connectivity index (χ0) is 13.8. The molecule has 0 heterocycles. The van der Waals surface area contributed by atoms with Crippen molar-refractivity contribution in [2.75, 3.05) is 0 Å². The van der Waals surface area contributed by atoms with Crippen molar-refractivity contribution in [3.8, 4) is 0 Å². The lowest BCUT2D eigenvalue weighted by Gasteiger charge is -2.42. The fourth-order valence-electron chi connectivity index (χ4n) is 3.18. The van der Waals surface area contributed by atoms with Gasteiger partial charge in [0.05, 0.1) is 5.60 Å². The molecule has 0 radical (unpaired) electrons. The summed E-state index contributed by atoms with van der Waals surface area (Å²) in [5.41, 5.74) is -0.178. The Hall–Kier alpha value is -0.0800. The van der Waals surface area contributed by atoms with Gasteiger partial charge in [0.1, 0.15) is 0 Å². The monoisotopic (exact) mass is 256 g/mol. The number of hydrogen-bond acceptors (Lipinski definition) is 2. The van der Waals surface area contributed by atoms with Crippen molar-refractivity contribution in [3.63, 3.8) is 0 Å². The van der Waals surface area contributed by atoms with Crippen molar-refractivity contribution in [1.82, 2.24) is 0 Å². The van der Waals surface area contributed by atoms with E-state index in [4.69, 9.17) is 4.74 Å².